The van der Waals surface area contributed by atoms with E-state index in [2.05, 4.69) is 5.32 Å². The minimum absolute atomic E-state index is 0.0313. The highest BCUT2D eigenvalue weighted by Crippen LogP contribution is 2.38. The quantitative estimate of drug-likeness (QED) is 0.290. The Balaban J connectivity index is 1.59. The van der Waals surface area contributed by atoms with Crippen molar-refractivity contribution in [3.63, 3.8) is 0 Å². The van der Waals surface area contributed by atoms with Crippen LogP contribution >= 0.6 is 11.6 Å². The third-order valence-electron chi connectivity index (χ3n) is 5.11. The van der Waals surface area contributed by atoms with Crippen molar-refractivity contribution >= 4 is 34.2 Å². The first kappa shape index (κ1) is 25.1. The second-order valence-electron chi connectivity index (χ2n) is 7.69. The van der Waals surface area contributed by atoms with Gasteiger partial charge in [-0.15, -0.1) is 0 Å². The summed E-state index contributed by atoms with van der Waals surface area (Å²) in [5, 5.41) is 2.87. The number of anilines is 1. The van der Waals surface area contributed by atoms with Gasteiger partial charge in [0, 0.05) is 16.8 Å². The summed E-state index contributed by atoms with van der Waals surface area (Å²) >= 11 is 5.88. The summed E-state index contributed by atoms with van der Waals surface area (Å²) in [6.45, 7) is 1.49. The van der Waals surface area contributed by atoms with Crippen LogP contribution in [0.3, 0.4) is 0 Å². The third-order valence-corrected chi connectivity index (χ3v) is 5.34. The summed E-state index contributed by atoms with van der Waals surface area (Å²) in [6.07, 6.45) is -4.27. The molecule has 1 N–H and O–H groups in total. The number of carbonyl (C=O) groups is 1. The number of halogens is 4. The van der Waals surface area contributed by atoms with Gasteiger partial charge in [0.15, 0.2) is 6.61 Å². The number of rotatable bonds is 7. The van der Waals surface area contributed by atoms with Crippen molar-refractivity contribution in [1.82, 2.24) is 0 Å². The van der Waals surface area contributed by atoms with E-state index in [1.807, 2.05) is 6.92 Å². The van der Waals surface area contributed by atoms with E-state index in [4.69, 9.17) is 25.5 Å². The first-order valence-corrected chi connectivity index (χ1v) is 11.1. The molecule has 0 aliphatic rings. The molecule has 1 amide bonds. The van der Waals surface area contributed by atoms with E-state index < -0.39 is 35.6 Å². The van der Waals surface area contributed by atoms with Crippen LogP contribution in [0.4, 0.5) is 18.9 Å². The molecular weight excluding hydrogens is 499 g/mol. The topological polar surface area (TPSA) is 77.8 Å². The van der Waals surface area contributed by atoms with E-state index in [0.717, 1.165) is 18.1 Å². The summed E-state index contributed by atoms with van der Waals surface area (Å²) in [5.74, 6) is -2.96. The number of carbonyl (C=O) groups excluding carboxylic acids is 1. The predicted octanol–water partition coefficient (Wildman–Crippen LogP) is 6.84. The average Bonchev–Trinajstić information content (AvgIpc) is 2.84. The third kappa shape index (κ3) is 5.80. The number of amides is 1. The highest BCUT2D eigenvalue weighted by atomic mass is 35.5. The van der Waals surface area contributed by atoms with Crippen LogP contribution in [-0.2, 0) is 17.4 Å². The largest absolute Gasteiger partial charge is 0.484 e. The van der Waals surface area contributed by atoms with Crippen LogP contribution in [0.5, 0.6) is 17.2 Å². The van der Waals surface area contributed by atoms with Crippen LogP contribution < -0.4 is 20.2 Å². The maximum atomic E-state index is 13.8. The smallest absolute Gasteiger partial charge is 0.453 e. The lowest BCUT2D eigenvalue weighted by Crippen LogP contribution is -2.20. The molecule has 6 nitrogen and oxygen atoms in total. The minimum atomic E-state index is -5.00. The van der Waals surface area contributed by atoms with E-state index >= 15 is 0 Å². The van der Waals surface area contributed by atoms with Crippen molar-refractivity contribution in [1.29, 1.82) is 0 Å². The summed E-state index contributed by atoms with van der Waals surface area (Å²) in [4.78, 5) is 25.1. The molecule has 0 unspecified atom stereocenters. The molecule has 0 atom stereocenters. The number of aryl methyl sites for hydroxylation is 1. The number of fused-ring (bicyclic) bond motifs is 1. The van der Waals surface area contributed by atoms with Gasteiger partial charge in [0.1, 0.15) is 17.1 Å². The van der Waals surface area contributed by atoms with E-state index in [1.54, 1.807) is 36.4 Å². The zero-order chi connectivity index (χ0) is 25.9. The van der Waals surface area contributed by atoms with Gasteiger partial charge in [-0.05, 0) is 54.4 Å². The van der Waals surface area contributed by atoms with Gasteiger partial charge in [0.2, 0.25) is 11.2 Å². The number of nitrogens with one attached hydrogen (secondary N) is 1. The molecule has 186 valence electrons. The Bertz CT molecular complexity index is 1470. The monoisotopic (exact) mass is 517 g/mol. The van der Waals surface area contributed by atoms with Crippen LogP contribution in [0.15, 0.2) is 75.9 Å². The Morgan fingerprint density at radius 2 is 1.75 bits per heavy atom. The molecule has 0 aliphatic heterocycles. The SMILES string of the molecule is CCc1ccc(Oc2c(C(F)(F)F)oc3cc(OCC(=O)Nc4cccc(Cl)c4)ccc3c2=O)cc1. The van der Waals surface area contributed by atoms with Crippen LogP contribution in [0.1, 0.15) is 18.2 Å². The summed E-state index contributed by atoms with van der Waals surface area (Å²) in [5.41, 5.74) is 0.0483. The van der Waals surface area contributed by atoms with Crippen LogP contribution in [0.2, 0.25) is 5.02 Å². The summed E-state index contributed by atoms with van der Waals surface area (Å²) in [7, 11) is 0. The molecule has 0 radical (unpaired) electrons. The van der Waals surface area contributed by atoms with Gasteiger partial charge in [0.25, 0.3) is 11.7 Å². The zero-order valence-corrected chi connectivity index (χ0v) is 19.6. The van der Waals surface area contributed by atoms with Crippen molar-refractivity contribution in [3.05, 3.63) is 93.3 Å². The number of hydrogen-bond acceptors (Lipinski definition) is 5. The average molecular weight is 518 g/mol. The number of alkyl halides is 3. The van der Waals surface area contributed by atoms with E-state index in [-0.39, 0.29) is 22.5 Å². The number of ether oxygens (including phenoxy) is 2. The fourth-order valence-corrected chi connectivity index (χ4v) is 3.54. The van der Waals surface area contributed by atoms with Gasteiger partial charge in [-0.2, -0.15) is 13.2 Å². The first-order chi connectivity index (χ1) is 17.1. The number of benzene rings is 3. The maximum absolute atomic E-state index is 13.8. The fraction of sp³-hybridized carbons (Fsp3) is 0.154. The second kappa shape index (κ2) is 10.3. The molecule has 4 rings (SSSR count). The van der Waals surface area contributed by atoms with Gasteiger partial charge < -0.3 is 19.2 Å². The Hall–Kier alpha value is -3.98. The lowest BCUT2D eigenvalue weighted by Gasteiger charge is -2.14. The lowest BCUT2D eigenvalue weighted by atomic mass is 10.1. The van der Waals surface area contributed by atoms with Crippen LogP contribution in [0, 0.1) is 0 Å². The van der Waals surface area contributed by atoms with E-state index in [9.17, 15) is 22.8 Å². The second-order valence-corrected chi connectivity index (χ2v) is 8.13. The molecule has 1 heterocycles. The first-order valence-electron chi connectivity index (χ1n) is 10.8. The fourth-order valence-electron chi connectivity index (χ4n) is 3.35. The van der Waals surface area contributed by atoms with Crippen molar-refractivity contribution in [2.24, 2.45) is 0 Å². The molecule has 36 heavy (non-hydrogen) atoms. The molecule has 0 bridgehead atoms. The molecule has 1 aromatic heterocycles. The lowest BCUT2D eigenvalue weighted by molar-refractivity contribution is -0.154. The highest BCUT2D eigenvalue weighted by molar-refractivity contribution is 6.30. The normalized spacial score (nSPS) is 11.4. The number of hydrogen-bond donors (Lipinski definition) is 1. The molecular formula is C26H19ClF3NO5. The van der Waals surface area contributed by atoms with Crippen LogP contribution in [-0.4, -0.2) is 12.5 Å². The van der Waals surface area contributed by atoms with Gasteiger partial charge in [0.05, 0.1) is 5.39 Å². The Kier molecular flexibility index (Phi) is 7.21. The Morgan fingerprint density at radius 3 is 2.42 bits per heavy atom. The predicted molar refractivity (Wildman–Crippen MR) is 129 cm³/mol. The zero-order valence-electron chi connectivity index (χ0n) is 18.8. The standard InChI is InChI=1S/C26H19ClF3NO5/c1-2-15-6-8-18(9-7-15)35-24-23(33)20-11-10-19(13-21(20)36-25(24)26(28,29)30)34-14-22(32)31-17-5-3-4-16(27)12-17/h3-13H,2,14H2,1H3,(H,31,32). The van der Waals surface area contributed by atoms with Crippen molar-refractivity contribution in [2.75, 3.05) is 11.9 Å². The van der Waals surface area contributed by atoms with Gasteiger partial charge in [-0.25, -0.2) is 0 Å². The molecule has 4 aromatic rings. The van der Waals surface area contributed by atoms with E-state index in [1.165, 1.54) is 24.3 Å². The highest BCUT2D eigenvalue weighted by Gasteiger charge is 2.40. The van der Waals surface area contributed by atoms with Gasteiger partial charge in [-0.1, -0.05) is 36.7 Å². The molecule has 10 heteroatoms. The van der Waals surface area contributed by atoms with E-state index in [0.29, 0.717) is 10.7 Å². The summed E-state index contributed by atoms with van der Waals surface area (Å²) in [6, 6.07) is 16.5. The van der Waals surface area contributed by atoms with Crippen molar-refractivity contribution in [3.8, 4) is 17.2 Å². The molecule has 0 saturated heterocycles. The van der Waals surface area contributed by atoms with Crippen molar-refractivity contribution < 1.29 is 31.9 Å². The Labute approximate surface area is 208 Å². The molecule has 3 aromatic carbocycles. The summed E-state index contributed by atoms with van der Waals surface area (Å²) < 4.78 is 57.1. The maximum Gasteiger partial charge on any atom is 0.453 e. The Morgan fingerprint density at radius 1 is 1.03 bits per heavy atom. The minimum Gasteiger partial charge on any atom is -0.484 e. The van der Waals surface area contributed by atoms with Gasteiger partial charge >= 0.3 is 6.18 Å². The van der Waals surface area contributed by atoms with Gasteiger partial charge in [-0.3, -0.25) is 9.59 Å². The van der Waals surface area contributed by atoms with Crippen LogP contribution in [0.25, 0.3) is 11.0 Å². The molecule has 0 aliphatic carbocycles. The van der Waals surface area contributed by atoms with Crippen molar-refractivity contribution in [2.45, 2.75) is 19.5 Å². The molecule has 0 spiro atoms. The molecule has 0 fully saturated rings. The molecule has 0 saturated carbocycles.